The molecule has 0 saturated heterocycles. The molecular weight excluding hydrogens is 264 g/mol. The Morgan fingerprint density at radius 1 is 1.33 bits per heavy atom. The Labute approximate surface area is 127 Å². The Kier molecular flexibility index (Phi) is 6.21. The van der Waals surface area contributed by atoms with E-state index in [0.29, 0.717) is 19.1 Å². The second-order valence-electron chi connectivity index (χ2n) is 5.89. The standard InChI is InChI=1S/C17H26N2O2/c1-14-6-8-15(9-7-14)12-18-17(21)13-19(10-3-11-20)16-4-2-5-16/h6-9,16,20H,2-5,10-13H2,1H3,(H,18,21). The number of nitrogens with one attached hydrogen (secondary N) is 1. The van der Waals surface area contributed by atoms with Crippen molar-refractivity contribution in [3.8, 4) is 0 Å². The van der Waals surface area contributed by atoms with Crippen LogP contribution < -0.4 is 5.32 Å². The van der Waals surface area contributed by atoms with Crippen molar-refractivity contribution in [1.82, 2.24) is 10.2 Å². The fourth-order valence-corrected chi connectivity index (χ4v) is 2.56. The summed E-state index contributed by atoms with van der Waals surface area (Å²) in [6.07, 6.45) is 4.35. The second kappa shape index (κ2) is 8.15. The molecule has 0 bridgehead atoms. The molecule has 1 aliphatic rings. The maximum atomic E-state index is 12.1. The molecule has 1 aromatic carbocycles. The Balaban J connectivity index is 1.77. The Hall–Kier alpha value is -1.39. The predicted octanol–water partition coefficient (Wildman–Crippen LogP) is 1.85. The minimum atomic E-state index is 0.0698. The molecule has 1 aromatic rings. The van der Waals surface area contributed by atoms with Crippen LogP contribution in [0.5, 0.6) is 0 Å². The average molecular weight is 290 g/mol. The molecule has 0 unspecified atom stereocenters. The van der Waals surface area contributed by atoms with Crippen molar-refractivity contribution in [2.75, 3.05) is 19.7 Å². The van der Waals surface area contributed by atoms with Gasteiger partial charge in [0, 0.05) is 25.7 Å². The number of aryl methyl sites for hydroxylation is 1. The van der Waals surface area contributed by atoms with Gasteiger partial charge in [0.1, 0.15) is 0 Å². The van der Waals surface area contributed by atoms with Crippen molar-refractivity contribution in [2.45, 2.75) is 45.2 Å². The molecule has 0 aromatic heterocycles. The minimum Gasteiger partial charge on any atom is -0.396 e. The molecule has 0 heterocycles. The van der Waals surface area contributed by atoms with Crippen LogP contribution in [0.1, 0.15) is 36.8 Å². The van der Waals surface area contributed by atoms with Crippen molar-refractivity contribution in [1.29, 1.82) is 0 Å². The third-order valence-corrected chi connectivity index (χ3v) is 4.15. The first kappa shape index (κ1) is 16.0. The first-order valence-corrected chi connectivity index (χ1v) is 7.86. The molecule has 2 rings (SSSR count). The number of carbonyl (C=O) groups is 1. The van der Waals surface area contributed by atoms with Gasteiger partial charge in [-0.2, -0.15) is 0 Å². The largest absolute Gasteiger partial charge is 0.396 e. The van der Waals surface area contributed by atoms with Crippen LogP contribution in [-0.2, 0) is 11.3 Å². The van der Waals surface area contributed by atoms with E-state index < -0.39 is 0 Å². The normalized spacial score (nSPS) is 15.0. The number of aliphatic hydroxyl groups is 1. The van der Waals surface area contributed by atoms with Gasteiger partial charge in [0.25, 0.3) is 0 Å². The summed E-state index contributed by atoms with van der Waals surface area (Å²) in [5.74, 6) is 0.0698. The highest BCUT2D eigenvalue weighted by Crippen LogP contribution is 2.24. The average Bonchev–Trinajstić information content (AvgIpc) is 2.42. The first-order valence-electron chi connectivity index (χ1n) is 7.86. The monoisotopic (exact) mass is 290 g/mol. The van der Waals surface area contributed by atoms with Crippen molar-refractivity contribution in [2.24, 2.45) is 0 Å². The molecule has 0 radical (unpaired) electrons. The Morgan fingerprint density at radius 2 is 2.05 bits per heavy atom. The summed E-state index contributed by atoms with van der Waals surface area (Å²) in [4.78, 5) is 14.3. The summed E-state index contributed by atoms with van der Waals surface area (Å²) in [6.45, 7) is 4.07. The number of nitrogens with zero attached hydrogens (tertiary/aromatic N) is 1. The summed E-state index contributed by atoms with van der Waals surface area (Å²) in [5, 5.41) is 12.0. The van der Waals surface area contributed by atoms with E-state index in [-0.39, 0.29) is 12.5 Å². The van der Waals surface area contributed by atoms with Gasteiger partial charge in [-0.25, -0.2) is 0 Å². The molecule has 116 valence electrons. The molecule has 0 atom stereocenters. The van der Waals surface area contributed by atoms with Gasteiger partial charge in [-0.05, 0) is 31.7 Å². The highest BCUT2D eigenvalue weighted by molar-refractivity contribution is 5.78. The third kappa shape index (κ3) is 5.14. The number of hydrogen-bond acceptors (Lipinski definition) is 3. The summed E-state index contributed by atoms with van der Waals surface area (Å²) in [5.41, 5.74) is 2.35. The van der Waals surface area contributed by atoms with Gasteiger partial charge in [-0.1, -0.05) is 36.2 Å². The van der Waals surface area contributed by atoms with Crippen LogP contribution in [0.3, 0.4) is 0 Å². The van der Waals surface area contributed by atoms with Crippen LogP contribution in [0.25, 0.3) is 0 Å². The van der Waals surface area contributed by atoms with Crippen LogP contribution >= 0.6 is 0 Å². The van der Waals surface area contributed by atoms with E-state index in [4.69, 9.17) is 5.11 Å². The van der Waals surface area contributed by atoms with Crippen LogP contribution in [0.4, 0.5) is 0 Å². The van der Waals surface area contributed by atoms with E-state index in [1.54, 1.807) is 0 Å². The molecule has 21 heavy (non-hydrogen) atoms. The van der Waals surface area contributed by atoms with E-state index in [1.165, 1.54) is 24.8 Å². The Bertz CT molecular complexity index is 441. The lowest BCUT2D eigenvalue weighted by atomic mass is 9.91. The zero-order valence-corrected chi connectivity index (χ0v) is 12.8. The number of amides is 1. The van der Waals surface area contributed by atoms with E-state index in [2.05, 4.69) is 29.3 Å². The number of hydrogen-bond donors (Lipinski definition) is 2. The summed E-state index contributed by atoms with van der Waals surface area (Å²) in [6, 6.07) is 8.74. The number of rotatable bonds is 8. The van der Waals surface area contributed by atoms with Crippen LogP contribution in [0, 0.1) is 6.92 Å². The molecule has 0 spiro atoms. The fraction of sp³-hybridized carbons (Fsp3) is 0.588. The van der Waals surface area contributed by atoms with Crippen LogP contribution in [0.15, 0.2) is 24.3 Å². The number of benzene rings is 1. The summed E-state index contributed by atoms with van der Waals surface area (Å²) < 4.78 is 0. The smallest absolute Gasteiger partial charge is 0.234 e. The van der Waals surface area contributed by atoms with E-state index in [9.17, 15) is 4.79 Å². The maximum absolute atomic E-state index is 12.1. The fourth-order valence-electron chi connectivity index (χ4n) is 2.56. The van der Waals surface area contributed by atoms with Crippen molar-refractivity contribution in [3.05, 3.63) is 35.4 Å². The molecule has 1 saturated carbocycles. The van der Waals surface area contributed by atoms with Gasteiger partial charge in [0.2, 0.25) is 5.91 Å². The molecule has 0 aliphatic heterocycles. The quantitative estimate of drug-likeness (QED) is 0.768. The highest BCUT2D eigenvalue weighted by Gasteiger charge is 2.25. The van der Waals surface area contributed by atoms with Crippen molar-refractivity contribution in [3.63, 3.8) is 0 Å². The Morgan fingerprint density at radius 3 is 2.62 bits per heavy atom. The lowest BCUT2D eigenvalue weighted by Crippen LogP contribution is -2.46. The molecule has 2 N–H and O–H groups in total. The molecule has 4 nitrogen and oxygen atoms in total. The van der Waals surface area contributed by atoms with Crippen molar-refractivity contribution < 1.29 is 9.90 Å². The topological polar surface area (TPSA) is 52.6 Å². The van der Waals surface area contributed by atoms with E-state index in [0.717, 1.165) is 18.5 Å². The zero-order valence-electron chi connectivity index (χ0n) is 12.8. The molecule has 1 amide bonds. The summed E-state index contributed by atoms with van der Waals surface area (Å²) >= 11 is 0. The molecule has 1 aliphatic carbocycles. The zero-order chi connectivity index (χ0) is 15.1. The third-order valence-electron chi connectivity index (χ3n) is 4.15. The second-order valence-corrected chi connectivity index (χ2v) is 5.89. The lowest BCUT2D eigenvalue weighted by molar-refractivity contribution is -0.123. The molecule has 4 heteroatoms. The van der Waals surface area contributed by atoms with Gasteiger partial charge in [0.05, 0.1) is 6.54 Å². The van der Waals surface area contributed by atoms with E-state index >= 15 is 0 Å². The van der Waals surface area contributed by atoms with Crippen LogP contribution in [-0.4, -0.2) is 41.7 Å². The first-order chi connectivity index (χ1) is 10.2. The van der Waals surface area contributed by atoms with Gasteiger partial charge in [-0.3, -0.25) is 9.69 Å². The van der Waals surface area contributed by atoms with E-state index in [1.807, 2.05) is 12.1 Å². The summed E-state index contributed by atoms with van der Waals surface area (Å²) in [7, 11) is 0. The predicted molar refractivity (Wildman–Crippen MR) is 83.9 cm³/mol. The number of carbonyl (C=O) groups excluding carboxylic acids is 1. The molecule has 1 fully saturated rings. The van der Waals surface area contributed by atoms with Crippen LogP contribution in [0.2, 0.25) is 0 Å². The van der Waals surface area contributed by atoms with Gasteiger partial charge >= 0.3 is 0 Å². The maximum Gasteiger partial charge on any atom is 0.234 e. The highest BCUT2D eigenvalue weighted by atomic mass is 16.3. The lowest BCUT2D eigenvalue weighted by Gasteiger charge is -2.37. The van der Waals surface area contributed by atoms with Crippen molar-refractivity contribution >= 4 is 5.91 Å². The molecular formula is C17H26N2O2. The SMILES string of the molecule is Cc1ccc(CNC(=O)CN(CCCO)C2CCC2)cc1. The van der Waals surface area contributed by atoms with Gasteiger partial charge < -0.3 is 10.4 Å². The van der Waals surface area contributed by atoms with Gasteiger partial charge in [0.15, 0.2) is 0 Å². The van der Waals surface area contributed by atoms with Gasteiger partial charge in [-0.15, -0.1) is 0 Å². The number of aliphatic hydroxyl groups excluding tert-OH is 1. The minimum absolute atomic E-state index is 0.0698.